The summed E-state index contributed by atoms with van der Waals surface area (Å²) >= 11 is 0. The van der Waals surface area contributed by atoms with Gasteiger partial charge < -0.3 is 10.3 Å². The quantitative estimate of drug-likeness (QED) is 0.890. The van der Waals surface area contributed by atoms with E-state index in [-0.39, 0.29) is 17.6 Å². The minimum Gasteiger partial charge on any atom is -0.367 e. The van der Waals surface area contributed by atoms with E-state index in [0.29, 0.717) is 5.56 Å². The van der Waals surface area contributed by atoms with Gasteiger partial charge in [-0.1, -0.05) is 37.6 Å². The van der Waals surface area contributed by atoms with Crippen molar-refractivity contribution in [2.75, 3.05) is 5.73 Å². The average molecular weight is 248 g/mol. The van der Waals surface area contributed by atoms with Crippen molar-refractivity contribution >= 4 is 5.88 Å². The van der Waals surface area contributed by atoms with Crippen molar-refractivity contribution in [2.24, 2.45) is 0 Å². The Labute approximate surface area is 106 Å². The van der Waals surface area contributed by atoms with Gasteiger partial charge in [-0.3, -0.25) is 0 Å². The molecule has 0 aliphatic rings. The number of hydrogen-bond donors (Lipinski definition) is 1. The Morgan fingerprint density at radius 2 is 2.22 bits per heavy atom. The Morgan fingerprint density at radius 1 is 1.44 bits per heavy atom. The van der Waals surface area contributed by atoms with Crippen LogP contribution >= 0.6 is 0 Å². The van der Waals surface area contributed by atoms with Gasteiger partial charge in [0.2, 0.25) is 5.88 Å². The Hall–Kier alpha value is -1.84. The first-order valence-corrected chi connectivity index (χ1v) is 6.14. The van der Waals surface area contributed by atoms with E-state index in [1.54, 1.807) is 6.07 Å². The van der Waals surface area contributed by atoms with Crippen LogP contribution in [0.2, 0.25) is 0 Å². The molecule has 0 saturated carbocycles. The van der Waals surface area contributed by atoms with E-state index >= 15 is 0 Å². The molecular formula is C14H17FN2O. The fourth-order valence-corrected chi connectivity index (χ4v) is 2.16. The summed E-state index contributed by atoms with van der Waals surface area (Å²) in [6, 6.07) is 6.33. The Kier molecular flexibility index (Phi) is 3.65. The van der Waals surface area contributed by atoms with Crippen molar-refractivity contribution < 1.29 is 8.91 Å². The summed E-state index contributed by atoms with van der Waals surface area (Å²) in [7, 11) is 0. The van der Waals surface area contributed by atoms with Crippen molar-refractivity contribution in [3.05, 3.63) is 35.8 Å². The lowest BCUT2D eigenvalue weighted by atomic mass is 9.95. The summed E-state index contributed by atoms with van der Waals surface area (Å²) < 4.78 is 18.3. The molecule has 2 aromatic rings. The van der Waals surface area contributed by atoms with Gasteiger partial charge in [-0.05, 0) is 24.1 Å². The summed E-state index contributed by atoms with van der Waals surface area (Å²) in [5, 5.41) is 4.02. The van der Waals surface area contributed by atoms with Crippen LogP contribution in [0.4, 0.5) is 10.3 Å². The fourth-order valence-electron chi connectivity index (χ4n) is 2.16. The lowest BCUT2D eigenvalue weighted by molar-refractivity contribution is 0.419. The molecule has 4 heteroatoms. The number of nitrogens with zero attached hydrogens (tertiary/aromatic N) is 1. The number of nitrogen functional groups attached to an aromatic ring is 1. The molecule has 2 N–H and O–H groups in total. The highest BCUT2D eigenvalue weighted by Gasteiger charge is 2.20. The Bertz CT molecular complexity index is 536. The Balaban J connectivity index is 2.47. The van der Waals surface area contributed by atoms with E-state index in [9.17, 15) is 4.39 Å². The predicted octanol–water partition coefficient (Wildman–Crippen LogP) is 3.97. The van der Waals surface area contributed by atoms with Crippen LogP contribution in [-0.4, -0.2) is 5.16 Å². The van der Waals surface area contributed by atoms with Crippen molar-refractivity contribution in [1.29, 1.82) is 0 Å². The van der Waals surface area contributed by atoms with Crippen molar-refractivity contribution in [3.8, 4) is 11.1 Å². The zero-order chi connectivity index (χ0) is 13.1. The second kappa shape index (κ2) is 5.21. The maximum absolute atomic E-state index is 13.3. The number of halogens is 1. The molecule has 0 radical (unpaired) electrons. The Morgan fingerprint density at radius 3 is 2.89 bits per heavy atom. The largest absolute Gasteiger partial charge is 0.367 e. The van der Waals surface area contributed by atoms with E-state index in [0.717, 1.165) is 24.1 Å². The number of rotatable bonds is 4. The smallest absolute Gasteiger partial charge is 0.230 e. The van der Waals surface area contributed by atoms with E-state index < -0.39 is 0 Å². The molecule has 0 aliphatic carbocycles. The monoisotopic (exact) mass is 248 g/mol. The predicted molar refractivity (Wildman–Crippen MR) is 69.6 cm³/mol. The lowest BCUT2D eigenvalue weighted by Crippen LogP contribution is -1.97. The molecular weight excluding hydrogens is 231 g/mol. The number of benzene rings is 1. The van der Waals surface area contributed by atoms with Gasteiger partial charge in [-0.2, -0.15) is 0 Å². The molecule has 0 amide bonds. The number of anilines is 1. The molecule has 96 valence electrons. The molecule has 0 bridgehead atoms. The van der Waals surface area contributed by atoms with E-state index in [2.05, 4.69) is 19.0 Å². The number of nitrogens with two attached hydrogens (primary N) is 1. The average Bonchev–Trinajstić information content (AvgIpc) is 2.71. The molecule has 0 spiro atoms. The highest BCUT2D eigenvalue weighted by atomic mass is 19.1. The number of hydrogen-bond acceptors (Lipinski definition) is 3. The first-order chi connectivity index (χ1) is 8.63. The molecule has 1 aromatic heterocycles. The van der Waals surface area contributed by atoms with Crippen LogP contribution in [0.1, 0.15) is 38.3 Å². The molecule has 1 aromatic carbocycles. The van der Waals surface area contributed by atoms with Gasteiger partial charge in [-0.25, -0.2) is 4.39 Å². The van der Waals surface area contributed by atoms with Crippen molar-refractivity contribution in [1.82, 2.24) is 5.16 Å². The normalized spacial score (nSPS) is 12.6. The third kappa shape index (κ3) is 2.37. The molecule has 0 aliphatic heterocycles. The van der Waals surface area contributed by atoms with E-state index in [1.807, 2.05) is 6.07 Å². The molecule has 2 rings (SSSR count). The van der Waals surface area contributed by atoms with Gasteiger partial charge in [0.05, 0.1) is 11.3 Å². The van der Waals surface area contributed by atoms with Crippen LogP contribution in [0.15, 0.2) is 28.8 Å². The SMILES string of the molecule is CCCC(C)c1noc(N)c1-c1cccc(F)c1. The third-order valence-corrected chi connectivity index (χ3v) is 3.05. The zero-order valence-corrected chi connectivity index (χ0v) is 10.6. The van der Waals surface area contributed by atoms with Gasteiger partial charge in [0.1, 0.15) is 5.82 Å². The minimum absolute atomic E-state index is 0.245. The summed E-state index contributed by atoms with van der Waals surface area (Å²) in [5.41, 5.74) is 8.04. The standard InChI is InChI=1S/C14H17FN2O/c1-3-5-9(2)13-12(14(16)18-17-13)10-6-4-7-11(15)8-10/h4,6-9H,3,5,16H2,1-2H3. The van der Waals surface area contributed by atoms with Crippen molar-refractivity contribution in [3.63, 3.8) is 0 Å². The second-order valence-electron chi connectivity index (χ2n) is 4.51. The molecule has 0 saturated heterocycles. The minimum atomic E-state index is -0.290. The lowest BCUT2D eigenvalue weighted by Gasteiger charge is -2.09. The van der Waals surface area contributed by atoms with Gasteiger partial charge in [0.15, 0.2) is 0 Å². The van der Waals surface area contributed by atoms with Gasteiger partial charge in [-0.15, -0.1) is 0 Å². The zero-order valence-electron chi connectivity index (χ0n) is 10.6. The number of aromatic nitrogens is 1. The molecule has 18 heavy (non-hydrogen) atoms. The second-order valence-corrected chi connectivity index (χ2v) is 4.51. The fraction of sp³-hybridized carbons (Fsp3) is 0.357. The van der Waals surface area contributed by atoms with Crippen LogP contribution in [-0.2, 0) is 0 Å². The summed E-state index contributed by atoms with van der Waals surface area (Å²) in [5.74, 6) is 0.204. The molecule has 0 fully saturated rings. The van der Waals surface area contributed by atoms with E-state index in [1.165, 1.54) is 12.1 Å². The molecule has 1 atom stereocenters. The molecule has 1 unspecified atom stereocenters. The highest BCUT2D eigenvalue weighted by molar-refractivity contribution is 5.75. The first kappa shape index (κ1) is 12.6. The third-order valence-electron chi connectivity index (χ3n) is 3.05. The van der Waals surface area contributed by atoms with Crippen LogP contribution < -0.4 is 5.73 Å². The highest BCUT2D eigenvalue weighted by Crippen LogP contribution is 2.35. The summed E-state index contributed by atoms with van der Waals surface area (Å²) in [6.45, 7) is 4.19. The van der Waals surface area contributed by atoms with Crippen LogP contribution in [0, 0.1) is 5.82 Å². The van der Waals surface area contributed by atoms with Gasteiger partial charge >= 0.3 is 0 Å². The summed E-state index contributed by atoms with van der Waals surface area (Å²) in [6.07, 6.45) is 2.05. The van der Waals surface area contributed by atoms with Gasteiger partial charge in [0.25, 0.3) is 0 Å². The van der Waals surface area contributed by atoms with Crippen molar-refractivity contribution in [2.45, 2.75) is 32.6 Å². The first-order valence-electron chi connectivity index (χ1n) is 6.14. The van der Waals surface area contributed by atoms with Crippen LogP contribution in [0.25, 0.3) is 11.1 Å². The van der Waals surface area contributed by atoms with Crippen LogP contribution in [0.3, 0.4) is 0 Å². The maximum atomic E-state index is 13.3. The van der Waals surface area contributed by atoms with Gasteiger partial charge in [0, 0.05) is 5.92 Å². The topological polar surface area (TPSA) is 52.0 Å². The van der Waals surface area contributed by atoms with E-state index in [4.69, 9.17) is 10.3 Å². The van der Waals surface area contributed by atoms with Crippen LogP contribution in [0.5, 0.6) is 0 Å². The molecule has 1 heterocycles. The summed E-state index contributed by atoms with van der Waals surface area (Å²) in [4.78, 5) is 0. The maximum Gasteiger partial charge on any atom is 0.230 e. The molecule has 3 nitrogen and oxygen atoms in total.